The largest absolute Gasteiger partial charge is 0.397 e. The highest BCUT2D eigenvalue weighted by Gasteiger charge is 2.30. The summed E-state index contributed by atoms with van der Waals surface area (Å²) in [4.78, 5) is 25.5. The number of Topliss-reactive ketones (excluding diaryl/α,β-unsaturated/α-hetero) is 1. The first-order valence-electron chi connectivity index (χ1n) is 5.96. The molecule has 19 heavy (non-hydrogen) atoms. The Bertz CT molecular complexity index is 527. The summed E-state index contributed by atoms with van der Waals surface area (Å²) in [5.41, 5.74) is 11.7. The van der Waals surface area contributed by atoms with Gasteiger partial charge in [0.15, 0.2) is 5.78 Å². The van der Waals surface area contributed by atoms with Gasteiger partial charge in [0, 0.05) is 27.1 Å². The summed E-state index contributed by atoms with van der Waals surface area (Å²) >= 11 is 1.23. The molecule has 0 radical (unpaired) electrons. The summed E-state index contributed by atoms with van der Waals surface area (Å²) in [6.07, 6.45) is 1.01. The number of nitrogens with two attached hydrogens (primary N) is 2. The van der Waals surface area contributed by atoms with Gasteiger partial charge in [-0.05, 0) is 6.42 Å². The van der Waals surface area contributed by atoms with E-state index in [1.54, 1.807) is 7.11 Å². The average molecular weight is 283 g/mol. The van der Waals surface area contributed by atoms with Crippen LogP contribution in [0.5, 0.6) is 0 Å². The van der Waals surface area contributed by atoms with Crippen LogP contribution < -0.4 is 16.4 Å². The Morgan fingerprint density at radius 3 is 2.63 bits per heavy atom. The molecule has 0 saturated carbocycles. The molecule has 1 saturated heterocycles. The second-order valence-corrected chi connectivity index (χ2v) is 5.54. The molecule has 1 aromatic heterocycles. The highest BCUT2D eigenvalue weighted by atomic mass is 32.1. The molecule has 7 heteroatoms. The van der Waals surface area contributed by atoms with Crippen LogP contribution in [0, 0.1) is 0 Å². The van der Waals surface area contributed by atoms with Crippen LogP contribution >= 0.6 is 11.3 Å². The number of rotatable bonds is 4. The van der Waals surface area contributed by atoms with Gasteiger partial charge in [0.1, 0.15) is 5.00 Å². The summed E-state index contributed by atoms with van der Waals surface area (Å²) in [5, 5.41) is 0.676. The number of hydrogen-bond donors (Lipinski definition) is 2. The Labute approximate surface area is 115 Å². The Kier molecular flexibility index (Phi) is 3.77. The Morgan fingerprint density at radius 1 is 1.47 bits per heavy atom. The number of hydrogen-bond acceptors (Lipinski definition) is 6. The number of carbonyl (C=O) groups is 2. The third-order valence-corrected chi connectivity index (χ3v) is 4.63. The lowest BCUT2D eigenvalue weighted by atomic mass is 10.2. The molecule has 1 unspecified atom stereocenters. The van der Waals surface area contributed by atoms with Crippen molar-refractivity contribution < 1.29 is 14.3 Å². The van der Waals surface area contributed by atoms with Crippen molar-refractivity contribution in [2.24, 2.45) is 5.73 Å². The monoisotopic (exact) mass is 283 g/mol. The number of anilines is 2. The average Bonchev–Trinajstić information content (AvgIpc) is 2.92. The number of ketones is 1. The number of nitrogen functional groups attached to an aromatic ring is 1. The molecule has 4 N–H and O–H groups in total. The van der Waals surface area contributed by atoms with Crippen LogP contribution in [0.3, 0.4) is 0 Å². The van der Waals surface area contributed by atoms with Crippen molar-refractivity contribution in [1.82, 2.24) is 0 Å². The lowest BCUT2D eigenvalue weighted by Crippen LogP contribution is -2.24. The number of methoxy groups -OCH3 is 1. The van der Waals surface area contributed by atoms with E-state index in [1.165, 1.54) is 18.3 Å². The third-order valence-electron chi connectivity index (χ3n) is 3.26. The van der Waals surface area contributed by atoms with Gasteiger partial charge in [-0.25, -0.2) is 0 Å². The van der Waals surface area contributed by atoms with Gasteiger partial charge in [-0.3, -0.25) is 9.59 Å². The highest BCUT2D eigenvalue weighted by molar-refractivity contribution is 7.19. The van der Waals surface area contributed by atoms with Gasteiger partial charge in [-0.15, -0.1) is 11.3 Å². The second kappa shape index (κ2) is 5.18. The summed E-state index contributed by atoms with van der Waals surface area (Å²) in [7, 11) is 1.66. The molecule has 0 bridgehead atoms. The predicted octanol–water partition coefficient (Wildman–Crippen LogP) is 0.857. The number of nitrogens with zero attached hydrogens (tertiary/aromatic N) is 1. The molecule has 0 spiro atoms. The number of amides is 1. The first-order valence-corrected chi connectivity index (χ1v) is 6.78. The van der Waals surface area contributed by atoms with E-state index < -0.39 is 5.91 Å². The van der Waals surface area contributed by atoms with Crippen LogP contribution in [0.2, 0.25) is 0 Å². The smallest absolute Gasteiger partial charge is 0.253 e. The van der Waals surface area contributed by atoms with E-state index in [1.807, 2.05) is 4.90 Å². The van der Waals surface area contributed by atoms with Gasteiger partial charge >= 0.3 is 0 Å². The molecule has 2 heterocycles. The minimum Gasteiger partial charge on any atom is -0.397 e. The molecule has 0 aliphatic carbocycles. The summed E-state index contributed by atoms with van der Waals surface area (Å²) in [6, 6.07) is 0. The van der Waals surface area contributed by atoms with Crippen LogP contribution in [0.4, 0.5) is 10.7 Å². The fourth-order valence-corrected chi connectivity index (χ4v) is 3.42. The Morgan fingerprint density at radius 2 is 2.16 bits per heavy atom. The molecule has 2 rings (SSSR count). The number of carbonyl (C=O) groups excluding carboxylic acids is 2. The number of thiophene rings is 1. The maximum atomic E-state index is 11.6. The van der Waals surface area contributed by atoms with E-state index >= 15 is 0 Å². The summed E-state index contributed by atoms with van der Waals surface area (Å²) in [6.45, 7) is 2.86. The van der Waals surface area contributed by atoms with Gasteiger partial charge < -0.3 is 21.1 Å². The fraction of sp³-hybridized carbons (Fsp3) is 0.500. The van der Waals surface area contributed by atoms with Crippen LogP contribution in [0.15, 0.2) is 0 Å². The van der Waals surface area contributed by atoms with E-state index in [9.17, 15) is 9.59 Å². The minimum absolute atomic E-state index is 0.129. The van der Waals surface area contributed by atoms with Crippen LogP contribution in [0.1, 0.15) is 33.4 Å². The van der Waals surface area contributed by atoms with Gasteiger partial charge in [0.05, 0.1) is 22.2 Å². The van der Waals surface area contributed by atoms with Crippen LogP contribution in [-0.2, 0) is 4.74 Å². The molecule has 1 amide bonds. The number of primary amides is 1. The molecule has 1 aliphatic rings. The van der Waals surface area contributed by atoms with Gasteiger partial charge in [-0.1, -0.05) is 0 Å². The van der Waals surface area contributed by atoms with E-state index in [2.05, 4.69) is 0 Å². The highest BCUT2D eigenvalue weighted by Crippen LogP contribution is 2.39. The van der Waals surface area contributed by atoms with E-state index in [4.69, 9.17) is 16.2 Å². The topological polar surface area (TPSA) is 98.7 Å². The zero-order valence-corrected chi connectivity index (χ0v) is 11.8. The van der Waals surface area contributed by atoms with Crippen LogP contribution in [0.25, 0.3) is 0 Å². The maximum Gasteiger partial charge on any atom is 0.253 e. The van der Waals surface area contributed by atoms with Crippen molar-refractivity contribution in [3.05, 3.63) is 10.4 Å². The molecular weight excluding hydrogens is 266 g/mol. The van der Waals surface area contributed by atoms with E-state index in [0.717, 1.165) is 13.0 Å². The molecule has 6 nitrogen and oxygen atoms in total. The summed E-state index contributed by atoms with van der Waals surface area (Å²) < 4.78 is 5.30. The Hall–Kier alpha value is -1.60. The van der Waals surface area contributed by atoms with Crippen molar-refractivity contribution in [3.8, 4) is 0 Å². The fourth-order valence-electron chi connectivity index (χ4n) is 2.26. The molecular formula is C12H17N3O3S. The molecule has 1 atom stereocenters. The van der Waals surface area contributed by atoms with Crippen molar-refractivity contribution in [2.45, 2.75) is 19.4 Å². The second-order valence-electron chi connectivity index (χ2n) is 4.54. The quantitative estimate of drug-likeness (QED) is 0.798. The van der Waals surface area contributed by atoms with Crippen molar-refractivity contribution in [3.63, 3.8) is 0 Å². The van der Waals surface area contributed by atoms with Crippen molar-refractivity contribution in [2.75, 3.05) is 30.8 Å². The van der Waals surface area contributed by atoms with Gasteiger partial charge in [-0.2, -0.15) is 0 Å². The van der Waals surface area contributed by atoms with Crippen molar-refractivity contribution in [1.29, 1.82) is 0 Å². The maximum absolute atomic E-state index is 11.6. The lowest BCUT2D eigenvalue weighted by molar-refractivity contribution is 0.100. The minimum atomic E-state index is -0.600. The van der Waals surface area contributed by atoms with E-state index in [-0.39, 0.29) is 23.1 Å². The first-order chi connectivity index (χ1) is 8.95. The SMILES string of the molecule is COC1CCN(c2sc(C(C)=O)c(N)c2C(N)=O)C1. The molecule has 1 aliphatic heterocycles. The normalized spacial score (nSPS) is 18.8. The van der Waals surface area contributed by atoms with Gasteiger partial charge in [0.25, 0.3) is 5.91 Å². The molecule has 104 valence electrons. The third kappa shape index (κ3) is 2.43. The predicted molar refractivity (Wildman–Crippen MR) is 74.9 cm³/mol. The zero-order valence-electron chi connectivity index (χ0n) is 10.9. The van der Waals surface area contributed by atoms with Crippen molar-refractivity contribution >= 4 is 33.7 Å². The summed E-state index contributed by atoms with van der Waals surface area (Å²) in [5.74, 6) is -0.754. The number of ether oxygens (including phenoxy) is 1. The standard InChI is InChI=1S/C12H17N3O3S/c1-6(16)10-9(13)8(11(14)17)12(19-10)15-4-3-7(5-15)18-2/h7H,3-5,13H2,1-2H3,(H2,14,17). The molecule has 1 fully saturated rings. The lowest BCUT2D eigenvalue weighted by Gasteiger charge is -2.17. The molecule has 0 aromatic carbocycles. The molecule has 1 aromatic rings. The first kappa shape index (κ1) is 13.8. The van der Waals surface area contributed by atoms with Crippen LogP contribution in [-0.4, -0.2) is 38.0 Å². The Balaban J connectivity index is 2.42. The zero-order chi connectivity index (χ0) is 14.2. The van der Waals surface area contributed by atoms with Gasteiger partial charge in [0.2, 0.25) is 0 Å². The van der Waals surface area contributed by atoms with E-state index in [0.29, 0.717) is 16.4 Å².